The monoisotopic (exact) mass is 790 g/mol. The first-order valence-corrected chi connectivity index (χ1v) is 18.4. The lowest BCUT2D eigenvalue weighted by Crippen LogP contribution is -2.54. The average molecular weight is 791 g/mol. The second-order valence-corrected chi connectivity index (χ2v) is 12.8. The number of aliphatic hydroxyl groups is 1. The molecule has 0 saturated carbocycles. The predicted molar refractivity (Wildman–Crippen MR) is 201 cm³/mol. The van der Waals surface area contributed by atoms with Crippen molar-refractivity contribution in [1.82, 2.24) is 26.2 Å². The van der Waals surface area contributed by atoms with E-state index in [1.165, 1.54) is 12.2 Å². The third kappa shape index (κ3) is 18.5. The van der Waals surface area contributed by atoms with Crippen LogP contribution in [-0.2, 0) is 54.3 Å². The first-order valence-electron chi connectivity index (χ1n) is 18.4. The Bertz CT molecular complexity index is 1480. The van der Waals surface area contributed by atoms with Gasteiger partial charge < -0.3 is 51.1 Å². The van der Waals surface area contributed by atoms with E-state index >= 15 is 0 Å². The zero-order valence-corrected chi connectivity index (χ0v) is 32.1. The molecule has 1 aromatic carbocycles. The van der Waals surface area contributed by atoms with Gasteiger partial charge in [0, 0.05) is 56.8 Å². The number of carbonyl (C=O) groups excluding carboxylic acids is 7. The van der Waals surface area contributed by atoms with Gasteiger partial charge in [0.1, 0.15) is 12.8 Å². The lowest BCUT2D eigenvalue weighted by Gasteiger charge is -2.24. The van der Waals surface area contributed by atoms with Gasteiger partial charge in [0.05, 0.1) is 59.5 Å². The van der Waals surface area contributed by atoms with Crippen LogP contribution in [0.15, 0.2) is 36.4 Å². The number of nitrogens with one attached hydrogen (secondary N) is 4. The van der Waals surface area contributed by atoms with Crippen molar-refractivity contribution in [2.75, 3.05) is 72.5 Å². The minimum Gasteiger partial charge on any atom is -0.392 e. The van der Waals surface area contributed by atoms with E-state index in [2.05, 4.69) is 28.0 Å². The summed E-state index contributed by atoms with van der Waals surface area (Å²) >= 11 is 0. The van der Waals surface area contributed by atoms with Crippen molar-refractivity contribution in [2.45, 2.75) is 58.2 Å². The van der Waals surface area contributed by atoms with Crippen LogP contribution in [0.25, 0.3) is 0 Å². The van der Waals surface area contributed by atoms with Gasteiger partial charge in [-0.05, 0) is 24.3 Å². The molecule has 2 atom stereocenters. The third-order valence-electron chi connectivity index (χ3n) is 8.17. The summed E-state index contributed by atoms with van der Waals surface area (Å²) in [7, 11) is 0. The van der Waals surface area contributed by atoms with E-state index in [4.69, 9.17) is 24.7 Å². The quantitative estimate of drug-likeness (QED) is 0.0248. The molecule has 0 radical (unpaired) electrons. The van der Waals surface area contributed by atoms with Crippen molar-refractivity contribution in [2.24, 2.45) is 11.7 Å². The summed E-state index contributed by atoms with van der Waals surface area (Å²) in [5, 5.41) is 19.9. The van der Waals surface area contributed by atoms with E-state index in [0.717, 1.165) is 9.48 Å². The fourth-order valence-electron chi connectivity index (χ4n) is 5.06. The van der Waals surface area contributed by atoms with Gasteiger partial charge in [-0.3, -0.25) is 28.9 Å². The van der Waals surface area contributed by atoms with E-state index in [9.17, 15) is 38.7 Å². The number of nitrogens with zero attached hydrogens (tertiary/aromatic N) is 2. The fourth-order valence-corrected chi connectivity index (χ4v) is 5.06. The van der Waals surface area contributed by atoms with Crippen molar-refractivity contribution in [1.29, 1.82) is 0 Å². The number of hydrogen-bond donors (Lipinski definition) is 6. The van der Waals surface area contributed by atoms with E-state index < -0.39 is 47.7 Å². The van der Waals surface area contributed by atoms with Crippen LogP contribution in [0.2, 0.25) is 0 Å². The Balaban J connectivity index is 1.60. The van der Waals surface area contributed by atoms with Crippen molar-refractivity contribution in [3.63, 3.8) is 0 Å². The first kappa shape index (κ1) is 47.1. The lowest BCUT2D eigenvalue weighted by molar-refractivity contribution is -0.361. The Morgan fingerprint density at radius 3 is 1.91 bits per heavy atom. The molecule has 0 bridgehead atoms. The van der Waals surface area contributed by atoms with Crippen LogP contribution in [0.3, 0.4) is 0 Å². The summed E-state index contributed by atoms with van der Waals surface area (Å²) in [6.07, 6.45) is 2.81. The molecule has 8 amide bonds. The van der Waals surface area contributed by atoms with Gasteiger partial charge in [-0.25, -0.2) is 9.59 Å². The number of aliphatic hydroxyl groups excluding tert-OH is 1. The molecule has 0 aromatic heterocycles. The molecule has 310 valence electrons. The predicted octanol–water partition coefficient (Wildman–Crippen LogP) is -0.988. The Kier molecular flexibility index (Phi) is 22.4. The number of nitrogens with two attached hydrogens (primary N) is 1. The maximum Gasteiger partial charge on any atom is 0.414 e. The van der Waals surface area contributed by atoms with Crippen LogP contribution < -0.4 is 27.0 Å². The van der Waals surface area contributed by atoms with Gasteiger partial charge in [-0.15, -0.1) is 4.58 Å². The molecule has 56 heavy (non-hydrogen) atoms. The number of primary amides is 1. The number of benzene rings is 1. The van der Waals surface area contributed by atoms with Crippen LogP contribution >= 0.6 is 0 Å². The number of ether oxygens (including phenoxy) is 4. The summed E-state index contributed by atoms with van der Waals surface area (Å²) in [6.45, 7) is 9.81. The molecule has 1 aromatic rings. The molecule has 1 aliphatic heterocycles. The van der Waals surface area contributed by atoms with Crippen LogP contribution in [0, 0.1) is 5.92 Å². The molecule has 0 aliphatic carbocycles. The standard InChI is InChI=1S/C37H55N7O12/c1-26(2)34(35(50)41-29(5-4-14-40-37(38)52)36(51)43(3)28-8-6-27(25-45)7-9-28)42-31(47)13-17-53-19-21-55-23-24-56-22-20-54-18-15-39-30(46)12-16-44-32(48)10-11-33(44)49/h6-11,26,29,34,45H,3-5,12-25H2,1-2H3,(H5-,38,39,40,41,42,46,47,50,52)/p+1/t29?,34-/m0/s1. The maximum absolute atomic E-state index is 13.4. The van der Waals surface area contributed by atoms with E-state index in [1.54, 1.807) is 38.1 Å². The van der Waals surface area contributed by atoms with Gasteiger partial charge in [0.25, 0.3) is 11.8 Å². The highest BCUT2D eigenvalue weighted by atomic mass is 16.6. The summed E-state index contributed by atoms with van der Waals surface area (Å²) < 4.78 is 22.9. The molecule has 19 nitrogen and oxygen atoms in total. The average Bonchev–Trinajstić information content (AvgIpc) is 3.50. The number of urea groups is 1. The normalized spacial score (nSPS) is 13.4. The maximum atomic E-state index is 13.4. The van der Waals surface area contributed by atoms with E-state index in [1.807, 2.05) is 0 Å². The van der Waals surface area contributed by atoms with Gasteiger partial charge >= 0.3 is 11.9 Å². The molecule has 1 unspecified atom stereocenters. The molecule has 1 heterocycles. The molecule has 0 fully saturated rings. The second kappa shape index (κ2) is 26.7. The van der Waals surface area contributed by atoms with Crippen molar-refractivity contribution < 1.29 is 62.2 Å². The fraction of sp³-hybridized carbons (Fsp3) is 0.568. The topological polar surface area (TPSA) is 257 Å². The second-order valence-electron chi connectivity index (χ2n) is 12.8. The number of carbonyl (C=O) groups is 7. The van der Waals surface area contributed by atoms with Crippen molar-refractivity contribution >= 4 is 53.9 Å². The zero-order valence-electron chi connectivity index (χ0n) is 32.1. The molecule has 7 N–H and O–H groups in total. The molecular formula is C37H56N7O12+. The highest BCUT2D eigenvalue weighted by molar-refractivity contribution is 6.13. The van der Waals surface area contributed by atoms with Crippen molar-refractivity contribution in [3.05, 3.63) is 42.0 Å². The van der Waals surface area contributed by atoms with E-state index in [-0.39, 0.29) is 83.8 Å². The minimum atomic E-state index is -1.03. The third-order valence-corrected chi connectivity index (χ3v) is 8.17. The molecule has 19 heteroatoms. The van der Waals surface area contributed by atoms with Gasteiger partial charge in [-0.2, -0.15) is 0 Å². The molecular weight excluding hydrogens is 734 g/mol. The minimum absolute atomic E-state index is 0.0124. The Morgan fingerprint density at radius 2 is 1.36 bits per heavy atom. The largest absolute Gasteiger partial charge is 0.414 e. The highest BCUT2D eigenvalue weighted by Gasteiger charge is 2.34. The number of amides is 8. The number of hydrogen-bond acceptors (Lipinski definition) is 12. The molecule has 2 rings (SSSR count). The first-order chi connectivity index (χ1) is 26.8. The Labute approximate surface area is 326 Å². The summed E-state index contributed by atoms with van der Waals surface area (Å²) in [5.41, 5.74) is 6.23. The SMILES string of the molecule is C=[N+](C(=O)C(CCCNC(N)=O)NC(=O)[C@@H](NC(=O)CCOCCOCCOCCOCCNC(=O)CCN1C(=O)C=CC1=O)C(C)C)c1ccc(CO)cc1. The van der Waals surface area contributed by atoms with Gasteiger partial charge in [0.2, 0.25) is 23.4 Å². The Hall–Kier alpha value is -5.08. The highest BCUT2D eigenvalue weighted by Crippen LogP contribution is 2.15. The van der Waals surface area contributed by atoms with Crippen LogP contribution in [-0.4, -0.2) is 147 Å². The van der Waals surface area contributed by atoms with Gasteiger partial charge in [0.15, 0.2) is 6.04 Å². The molecule has 1 aliphatic rings. The van der Waals surface area contributed by atoms with Crippen LogP contribution in [0.1, 0.15) is 45.1 Å². The lowest BCUT2D eigenvalue weighted by atomic mass is 10.0. The smallest absolute Gasteiger partial charge is 0.392 e. The summed E-state index contributed by atoms with van der Waals surface area (Å²) in [4.78, 5) is 86.5. The van der Waals surface area contributed by atoms with Crippen LogP contribution in [0.5, 0.6) is 0 Å². The molecule has 0 spiro atoms. The number of rotatable bonds is 29. The summed E-state index contributed by atoms with van der Waals surface area (Å²) in [6, 6.07) is 3.84. The van der Waals surface area contributed by atoms with Gasteiger partial charge in [-0.1, -0.05) is 26.0 Å². The summed E-state index contributed by atoms with van der Waals surface area (Å²) in [5.74, 6) is -2.96. The Morgan fingerprint density at radius 1 is 0.786 bits per heavy atom. The zero-order chi connectivity index (χ0) is 41.3. The number of imide groups is 1. The van der Waals surface area contributed by atoms with Crippen molar-refractivity contribution in [3.8, 4) is 0 Å². The van der Waals surface area contributed by atoms with Crippen LogP contribution in [0.4, 0.5) is 10.5 Å². The molecule has 0 saturated heterocycles. The van der Waals surface area contributed by atoms with E-state index in [0.29, 0.717) is 44.1 Å².